The van der Waals surface area contributed by atoms with Crippen LogP contribution in [0.2, 0.25) is 0 Å². The standard InChI is InChI=1S/C13H14F3N3O/c1-2-19(7-13(14,15)16)12(20)10-6-18-11-4-3-8(17)5-9(10)11/h3-6,18H,2,7,17H2,1H3. The van der Waals surface area contributed by atoms with E-state index >= 15 is 0 Å². The van der Waals surface area contributed by atoms with Gasteiger partial charge in [0.1, 0.15) is 6.54 Å². The van der Waals surface area contributed by atoms with Gasteiger partial charge in [0.15, 0.2) is 0 Å². The van der Waals surface area contributed by atoms with Crippen LogP contribution < -0.4 is 5.73 Å². The van der Waals surface area contributed by atoms with Gasteiger partial charge in [-0.05, 0) is 25.1 Å². The first-order valence-corrected chi connectivity index (χ1v) is 6.04. The van der Waals surface area contributed by atoms with Crippen molar-refractivity contribution >= 4 is 22.5 Å². The Balaban J connectivity index is 2.37. The number of rotatable bonds is 3. The Kier molecular flexibility index (Phi) is 3.61. The van der Waals surface area contributed by atoms with Crippen molar-refractivity contribution in [3.63, 3.8) is 0 Å². The second kappa shape index (κ2) is 5.07. The summed E-state index contributed by atoms with van der Waals surface area (Å²) in [6.07, 6.45) is -3.01. The van der Waals surface area contributed by atoms with Gasteiger partial charge in [0.25, 0.3) is 5.91 Å². The zero-order chi connectivity index (χ0) is 14.9. The third-order valence-electron chi connectivity index (χ3n) is 2.98. The summed E-state index contributed by atoms with van der Waals surface area (Å²) in [5.41, 5.74) is 6.94. The summed E-state index contributed by atoms with van der Waals surface area (Å²) in [4.78, 5) is 15.8. The summed E-state index contributed by atoms with van der Waals surface area (Å²) < 4.78 is 37.4. The molecule has 0 aliphatic carbocycles. The number of nitrogens with one attached hydrogen (secondary N) is 1. The van der Waals surface area contributed by atoms with Gasteiger partial charge in [-0.2, -0.15) is 13.2 Å². The van der Waals surface area contributed by atoms with Crippen LogP contribution in [0.15, 0.2) is 24.4 Å². The zero-order valence-electron chi connectivity index (χ0n) is 10.8. The molecular weight excluding hydrogens is 271 g/mol. The number of benzene rings is 1. The molecule has 0 radical (unpaired) electrons. The minimum Gasteiger partial charge on any atom is -0.399 e. The van der Waals surface area contributed by atoms with E-state index in [1.165, 1.54) is 13.1 Å². The first kappa shape index (κ1) is 14.2. The largest absolute Gasteiger partial charge is 0.406 e. The molecule has 2 rings (SSSR count). The van der Waals surface area contributed by atoms with Crippen molar-refractivity contribution in [1.29, 1.82) is 0 Å². The molecule has 1 aromatic carbocycles. The third-order valence-corrected chi connectivity index (χ3v) is 2.98. The number of carbonyl (C=O) groups excluding carboxylic acids is 1. The smallest absolute Gasteiger partial charge is 0.399 e. The fourth-order valence-electron chi connectivity index (χ4n) is 2.03. The second-order valence-corrected chi connectivity index (χ2v) is 4.44. The molecule has 2 aromatic rings. The van der Waals surface area contributed by atoms with Gasteiger partial charge >= 0.3 is 6.18 Å². The number of halogens is 3. The van der Waals surface area contributed by atoms with Gasteiger partial charge in [-0.1, -0.05) is 0 Å². The van der Waals surface area contributed by atoms with E-state index in [4.69, 9.17) is 5.73 Å². The van der Waals surface area contributed by atoms with Crippen molar-refractivity contribution in [3.8, 4) is 0 Å². The quantitative estimate of drug-likeness (QED) is 0.852. The summed E-state index contributed by atoms with van der Waals surface area (Å²) >= 11 is 0. The minimum absolute atomic E-state index is 0.0205. The number of hydrogen-bond donors (Lipinski definition) is 2. The average molecular weight is 285 g/mol. The topological polar surface area (TPSA) is 62.1 Å². The minimum atomic E-state index is -4.42. The summed E-state index contributed by atoms with van der Waals surface area (Å²) in [5.74, 6) is -0.665. The van der Waals surface area contributed by atoms with Crippen molar-refractivity contribution in [2.24, 2.45) is 0 Å². The van der Waals surface area contributed by atoms with E-state index in [-0.39, 0.29) is 12.1 Å². The maximum Gasteiger partial charge on any atom is 0.406 e. The van der Waals surface area contributed by atoms with Gasteiger partial charge < -0.3 is 15.6 Å². The lowest BCUT2D eigenvalue weighted by molar-refractivity contribution is -0.140. The van der Waals surface area contributed by atoms with Crippen molar-refractivity contribution < 1.29 is 18.0 Å². The molecule has 3 N–H and O–H groups in total. The van der Waals surface area contributed by atoms with E-state index < -0.39 is 18.6 Å². The molecule has 1 heterocycles. The molecule has 108 valence electrons. The van der Waals surface area contributed by atoms with E-state index in [1.807, 2.05) is 0 Å². The van der Waals surface area contributed by atoms with E-state index in [0.717, 1.165) is 4.90 Å². The number of nitrogens with two attached hydrogens (primary N) is 1. The van der Waals surface area contributed by atoms with Crippen LogP contribution in [0.1, 0.15) is 17.3 Å². The molecule has 0 saturated carbocycles. The maximum absolute atomic E-state index is 12.5. The second-order valence-electron chi connectivity index (χ2n) is 4.44. The molecule has 1 aromatic heterocycles. The molecule has 0 aliphatic rings. The normalized spacial score (nSPS) is 11.8. The number of nitrogens with zero attached hydrogens (tertiary/aromatic N) is 1. The van der Waals surface area contributed by atoms with E-state index in [1.54, 1.807) is 18.2 Å². The number of fused-ring (bicyclic) bond motifs is 1. The highest BCUT2D eigenvalue weighted by atomic mass is 19.4. The summed E-state index contributed by atoms with van der Waals surface area (Å²) in [6.45, 7) is 0.220. The molecular formula is C13H14F3N3O. The molecule has 4 nitrogen and oxygen atoms in total. The Hall–Kier alpha value is -2.18. The van der Waals surface area contributed by atoms with Crippen molar-refractivity contribution in [1.82, 2.24) is 9.88 Å². The molecule has 0 fully saturated rings. The van der Waals surface area contributed by atoms with E-state index in [0.29, 0.717) is 16.6 Å². The molecule has 0 spiro atoms. The number of aromatic nitrogens is 1. The van der Waals surface area contributed by atoms with Crippen molar-refractivity contribution in [2.45, 2.75) is 13.1 Å². The van der Waals surface area contributed by atoms with E-state index in [9.17, 15) is 18.0 Å². The lowest BCUT2D eigenvalue weighted by atomic mass is 10.1. The zero-order valence-corrected chi connectivity index (χ0v) is 10.8. The summed E-state index contributed by atoms with van der Waals surface area (Å²) in [5, 5.41) is 0.524. The number of H-pyrrole nitrogens is 1. The number of anilines is 1. The molecule has 7 heteroatoms. The Morgan fingerprint density at radius 2 is 2.10 bits per heavy atom. The Morgan fingerprint density at radius 1 is 1.40 bits per heavy atom. The van der Waals surface area contributed by atoms with E-state index in [2.05, 4.69) is 4.98 Å². The molecule has 0 atom stereocenters. The highest BCUT2D eigenvalue weighted by Gasteiger charge is 2.33. The van der Waals surface area contributed by atoms with Crippen LogP contribution >= 0.6 is 0 Å². The van der Waals surface area contributed by atoms with Crippen LogP contribution in [0.25, 0.3) is 10.9 Å². The first-order valence-electron chi connectivity index (χ1n) is 6.04. The van der Waals surface area contributed by atoms with Crippen molar-refractivity contribution in [2.75, 3.05) is 18.8 Å². The maximum atomic E-state index is 12.5. The Bertz CT molecular complexity index is 633. The number of aromatic amines is 1. The predicted octanol–water partition coefficient (Wildman–Crippen LogP) is 2.77. The number of alkyl halides is 3. The monoisotopic (exact) mass is 285 g/mol. The van der Waals surface area contributed by atoms with Gasteiger partial charge in [0.05, 0.1) is 5.56 Å². The third kappa shape index (κ3) is 2.87. The van der Waals surface area contributed by atoms with Crippen LogP contribution in [0.4, 0.5) is 18.9 Å². The number of carbonyl (C=O) groups is 1. The fourth-order valence-corrected chi connectivity index (χ4v) is 2.03. The summed E-state index contributed by atoms with van der Waals surface area (Å²) in [6, 6.07) is 4.91. The molecule has 0 aliphatic heterocycles. The van der Waals surface area contributed by atoms with Gasteiger partial charge in [0, 0.05) is 29.3 Å². The van der Waals surface area contributed by atoms with Gasteiger partial charge in [-0.3, -0.25) is 4.79 Å². The Morgan fingerprint density at radius 3 is 2.70 bits per heavy atom. The SMILES string of the molecule is CCN(CC(F)(F)F)C(=O)c1c[nH]c2ccc(N)cc12. The molecule has 20 heavy (non-hydrogen) atoms. The predicted molar refractivity (Wildman–Crippen MR) is 70.3 cm³/mol. The first-order chi connectivity index (χ1) is 9.31. The molecule has 0 unspecified atom stereocenters. The number of hydrogen-bond acceptors (Lipinski definition) is 2. The van der Waals surface area contributed by atoms with Gasteiger partial charge in [-0.25, -0.2) is 0 Å². The molecule has 1 amide bonds. The van der Waals surface area contributed by atoms with Crippen LogP contribution in [-0.2, 0) is 0 Å². The van der Waals surface area contributed by atoms with Gasteiger partial charge in [0.2, 0.25) is 0 Å². The van der Waals surface area contributed by atoms with Crippen LogP contribution in [-0.4, -0.2) is 35.1 Å². The lowest BCUT2D eigenvalue weighted by Crippen LogP contribution is -2.38. The average Bonchev–Trinajstić information content (AvgIpc) is 2.76. The highest BCUT2D eigenvalue weighted by molar-refractivity contribution is 6.07. The molecule has 0 bridgehead atoms. The van der Waals surface area contributed by atoms with Crippen molar-refractivity contribution in [3.05, 3.63) is 30.0 Å². The van der Waals surface area contributed by atoms with Gasteiger partial charge in [-0.15, -0.1) is 0 Å². The Labute approximate surface area is 113 Å². The van der Waals surface area contributed by atoms with Crippen LogP contribution in [0.5, 0.6) is 0 Å². The van der Waals surface area contributed by atoms with Crippen LogP contribution in [0.3, 0.4) is 0 Å². The van der Waals surface area contributed by atoms with Crippen LogP contribution in [0, 0.1) is 0 Å². The highest BCUT2D eigenvalue weighted by Crippen LogP contribution is 2.24. The lowest BCUT2D eigenvalue weighted by Gasteiger charge is -2.22. The number of nitrogen functional groups attached to an aromatic ring is 1. The number of amides is 1. The molecule has 0 saturated heterocycles. The summed E-state index contributed by atoms with van der Waals surface area (Å²) in [7, 11) is 0. The fraction of sp³-hybridized carbons (Fsp3) is 0.308.